The zero-order chi connectivity index (χ0) is 59.4. The van der Waals surface area contributed by atoms with Crippen molar-refractivity contribution >= 4 is 61.2 Å². The highest BCUT2D eigenvalue weighted by molar-refractivity contribution is 9.10. The topological polar surface area (TPSA) is 191 Å². The molecule has 0 spiro atoms. The van der Waals surface area contributed by atoms with Crippen LogP contribution in [0.15, 0.2) is 156 Å². The van der Waals surface area contributed by atoms with E-state index in [9.17, 15) is 25.0 Å². The summed E-state index contributed by atoms with van der Waals surface area (Å²) in [6.07, 6.45) is 3.16. The number of fused-ring (bicyclic) bond motifs is 4. The van der Waals surface area contributed by atoms with Crippen molar-refractivity contribution in [1.29, 1.82) is 0 Å². The van der Waals surface area contributed by atoms with Gasteiger partial charge in [-0.3, -0.25) is 39.4 Å². The monoisotopic (exact) mass is 1160 g/mol. The Bertz CT molecular complexity index is 3670. The van der Waals surface area contributed by atoms with Crippen molar-refractivity contribution in [2.75, 3.05) is 0 Å². The molecule has 6 aromatic rings. The number of nitro groups is 2. The largest absolute Gasteiger partial charge is 0.483 e. The predicted molar refractivity (Wildman–Crippen MR) is 313 cm³/mol. The number of rotatable bonds is 16. The van der Waals surface area contributed by atoms with Crippen molar-refractivity contribution in [2.24, 2.45) is 33.0 Å². The first-order valence-electron chi connectivity index (χ1n) is 26.9. The van der Waals surface area contributed by atoms with Gasteiger partial charge in [0.05, 0.1) is 27.2 Å². The van der Waals surface area contributed by atoms with Crippen LogP contribution in [0.3, 0.4) is 0 Å². The summed E-state index contributed by atoms with van der Waals surface area (Å²) in [6, 6.07) is 35.5. The van der Waals surface area contributed by atoms with E-state index in [0.717, 1.165) is 34.7 Å². The Labute approximate surface area is 480 Å². The molecule has 6 aromatic carbocycles. The standard InChI is InChI=1S/C66H67BrN2O12/c1-59(2,58(73)46-26-20-24-38-21-18-19-25-45(38)46)65(13,57(72)41-31-43(68(74)75)33-44(32-41)69(76)77)66(14,60(3,4)56(71)40-27-29-42(67)30-28-40)61(5,6)62(7,8)79-52-34-47-50(36-49(52)70)78-51-37-54-53(80-63(9,10)64(11,12)81-54)35-48(51)55(47)39-22-16-15-17-23-39/h15-37,47,55H,1-14H3/t47-,55-,65?,66?/m0/s1. The van der Waals surface area contributed by atoms with E-state index in [-0.39, 0.29) is 16.9 Å². The second-order valence-electron chi connectivity index (χ2n) is 25.0. The molecule has 0 saturated carbocycles. The molecule has 0 amide bonds. The first-order chi connectivity index (χ1) is 37.6. The lowest BCUT2D eigenvalue weighted by Gasteiger charge is -2.68. The summed E-state index contributed by atoms with van der Waals surface area (Å²) < 4.78 is 27.7. The molecule has 0 saturated heterocycles. The zero-order valence-electron chi connectivity index (χ0n) is 48.1. The molecule has 0 radical (unpaired) electrons. The summed E-state index contributed by atoms with van der Waals surface area (Å²) in [5, 5.41) is 26.5. The molecule has 81 heavy (non-hydrogen) atoms. The van der Waals surface area contributed by atoms with E-state index in [0.29, 0.717) is 32.9 Å². The van der Waals surface area contributed by atoms with Crippen LogP contribution in [0.25, 0.3) is 10.8 Å². The van der Waals surface area contributed by atoms with Gasteiger partial charge in [0.2, 0.25) is 5.78 Å². The second-order valence-corrected chi connectivity index (χ2v) is 25.9. The molecule has 2 unspecified atom stereocenters. The predicted octanol–water partition coefficient (Wildman–Crippen LogP) is 15.8. The number of nitro benzene ring substituents is 2. The van der Waals surface area contributed by atoms with Crippen LogP contribution in [-0.2, 0) is 9.53 Å². The Morgan fingerprint density at radius 3 is 1.77 bits per heavy atom. The number of ether oxygens (including phenoxy) is 4. The number of carbonyl (C=O) groups excluding carboxylic acids is 4. The maximum absolute atomic E-state index is 16.7. The minimum Gasteiger partial charge on any atom is -0.483 e. The number of halogens is 1. The zero-order valence-corrected chi connectivity index (χ0v) is 49.7. The molecular weight excluding hydrogens is 1090 g/mol. The van der Waals surface area contributed by atoms with Crippen LogP contribution >= 0.6 is 15.9 Å². The smallest absolute Gasteiger partial charge is 0.277 e. The lowest BCUT2D eigenvalue weighted by molar-refractivity contribution is -0.394. The molecule has 9 rings (SSSR count). The quantitative estimate of drug-likeness (QED) is 0.0507. The minimum absolute atomic E-state index is 0.0527. The lowest BCUT2D eigenvalue weighted by atomic mass is 9.34. The number of carbonyl (C=O) groups is 4. The summed E-state index contributed by atoms with van der Waals surface area (Å²) in [7, 11) is 0. The van der Waals surface area contributed by atoms with Gasteiger partial charge in [0.1, 0.15) is 28.3 Å². The summed E-state index contributed by atoms with van der Waals surface area (Å²) in [5.74, 6) is -1.59. The average Bonchev–Trinajstić information content (AvgIpc) is 3.51. The maximum atomic E-state index is 16.7. The van der Waals surface area contributed by atoms with Gasteiger partial charge in [-0.2, -0.15) is 0 Å². The lowest BCUT2D eigenvalue weighted by Crippen LogP contribution is -2.71. The van der Waals surface area contributed by atoms with Gasteiger partial charge >= 0.3 is 0 Å². The molecule has 4 atom stereocenters. The van der Waals surface area contributed by atoms with Crippen LogP contribution < -0.4 is 14.2 Å². The Morgan fingerprint density at radius 1 is 0.617 bits per heavy atom. The van der Waals surface area contributed by atoms with Crippen LogP contribution in [0.4, 0.5) is 11.4 Å². The summed E-state index contributed by atoms with van der Waals surface area (Å²) in [6.45, 7) is 25.0. The fourth-order valence-electron chi connectivity index (χ4n) is 12.9. The highest BCUT2D eigenvalue weighted by atomic mass is 79.9. The first-order valence-corrected chi connectivity index (χ1v) is 27.7. The van der Waals surface area contributed by atoms with E-state index in [2.05, 4.69) is 15.9 Å². The third kappa shape index (κ3) is 9.06. The van der Waals surface area contributed by atoms with E-state index in [4.69, 9.17) is 18.9 Å². The number of hydrogen-bond acceptors (Lipinski definition) is 12. The second kappa shape index (κ2) is 19.7. The van der Waals surface area contributed by atoms with E-state index < -0.39 is 106 Å². The minimum atomic E-state index is -2.19. The number of benzene rings is 6. The van der Waals surface area contributed by atoms with Crippen molar-refractivity contribution in [3.05, 3.63) is 204 Å². The molecule has 15 heteroatoms. The van der Waals surface area contributed by atoms with Crippen LogP contribution in [0.2, 0.25) is 0 Å². The molecule has 0 N–H and O–H groups in total. The van der Waals surface area contributed by atoms with Gasteiger partial charge in [0.25, 0.3) is 11.4 Å². The van der Waals surface area contributed by atoms with Gasteiger partial charge < -0.3 is 18.9 Å². The normalized spacial score (nSPS) is 19.0. The van der Waals surface area contributed by atoms with Crippen molar-refractivity contribution in [3.63, 3.8) is 0 Å². The van der Waals surface area contributed by atoms with E-state index >= 15 is 14.4 Å². The van der Waals surface area contributed by atoms with E-state index in [1.54, 1.807) is 116 Å². The Kier molecular flexibility index (Phi) is 14.1. The number of allylic oxidation sites excluding steroid dienone is 2. The molecule has 0 fully saturated rings. The van der Waals surface area contributed by atoms with Gasteiger partial charge in [0.15, 0.2) is 34.6 Å². The van der Waals surface area contributed by atoms with Gasteiger partial charge in [-0.25, -0.2) is 0 Å². The van der Waals surface area contributed by atoms with Gasteiger partial charge in [-0.15, -0.1) is 0 Å². The van der Waals surface area contributed by atoms with Gasteiger partial charge in [-0.1, -0.05) is 156 Å². The Hall–Kier alpha value is -7.78. The summed E-state index contributed by atoms with van der Waals surface area (Å²) in [5.41, 5.74) is -11.9. The van der Waals surface area contributed by atoms with Crippen molar-refractivity contribution in [1.82, 2.24) is 0 Å². The Balaban J connectivity index is 1.27. The third-order valence-electron chi connectivity index (χ3n) is 19.4. The number of Topliss-reactive ketones (excluding diaryl/α,β-unsaturated/α-hetero) is 3. The highest BCUT2D eigenvalue weighted by Gasteiger charge is 2.74. The van der Waals surface area contributed by atoms with Crippen LogP contribution in [0.1, 0.15) is 145 Å². The summed E-state index contributed by atoms with van der Waals surface area (Å²) in [4.78, 5) is 87.2. The number of nitrogens with zero attached hydrogens (tertiary/aromatic N) is 2. The average molecular weight is 1160 g/mol. The van der Waals surface area contributed by atoms with Crippen molar-refractivity contribution < 1.29 is 48.0 Å². The molecule has 0 bridgehead atoms. The number of hydrogen-bond donors (Lipinski definition) is 0. The SMILES string of the molecule is CC1(C)Oc2cc3c(cc2OC1(C)C)[C@@H](c1ccccc1)[C@H]1C=C(OC(C)(C)C(C)(C)C(C)(C(C)(C)C(=O)c2ccc(Br)cc2)C(C)(C(=O)c2cc([N+](=O)[O-])cc([N+](=O)[O-])c2)C(C)(C)C(=O)c2cccc4ccccc24)C(=O)C=C1O3. The van der Waals surface area contributed by atoms with Crippen LogP contribution in [-0.4, -0.2) is 49.8 Å². The first kappa shape index (κ1) is 57.9. The molecular formula is C66H67BrN2O12. The highest BCUT2D eigenvalue weighted by Crippen LogP contribution is 2.72. The van der Waals surface area contributed by atoms with Crippen molar-refractivity contribution in [3.8, 4) is 17.2 Å². The van der Waals surface area contributed by atoms with Gasteiger partial charge in [-0.05, 0) is 82.2 Å². The molecule has 420 valence electrons. The molecule has 2 aliphatic heterocycles. The van der Waals surface area contributed by atoms with Gasteiger partial charge in [0, 0.05) is 78.6 Å². The molecule has 3 aliphatic rings. The maximum Gasteiger partial charge on any atom is 0.277 e. The molecule has 2 heterocycles. The van der Waals surface area contributed by atoms with Crippen molar-refractivity contribution in [2.45, 2.75) is 120 Å². The third-order valence-corrected chi connectivity index (χ3v) is 20.0. The molecule has 0 aromatic heterocycles. The fraction of sp³-hybridized carbons (Fsp3) is 0.364. The Morgan fingerprint density at radius 2 is 1.17 bits per heavy atom. The number of ketones is 4. The van der Waals surface area contributed by atoms with Crippen LogP contribution in [0.5, 0.6) is 17.2 Å². The molecule has 14 nitrogen and oxygen atoms in total. The van der Waals surface area contributed by atoms with E-state index in [1.807, 2.05) is 96.1 Å². The molecule has 1 aliphatic carbocycles. The fourth-order valence-corrected chi connectivity index (χ4v) is 13.1. The number of non-ortho nitro benzene ring substituents is 2. The van der Waals surface area contributed by atoms with E-state index in [1.165, 1.54) is 6.08 Å². The van der Waals surface area contributed by atoms with Crippen LogP contribution in [0, 0.1) is 53.2 Å². The summed E-state index contributed by atoms with van der Waals surface area (Å²) >= 11 is 3.49.